The van der Waals surface area contributed by atoms with Crippen LogP contribution in [0.15, 0.2) is 16.9 Å². The third-order valence-electron chi connectivity index (χ3n) is 3.86. The zero-order valence-corrected chi connectivity index (χ0v) is 13.4. The van der Waals surface area contributed by atoms with Gasteiger partial charge in [0.1, 0.15) is 28.6 Å². The van der Waals surface area contributed by atoms with Crippen LogP contribution in [-0.4, -0.2) is 38.2 Å². The van der Waals surface area contributed by atoms with Gasteiger partial charge in [-0.2, -0.15) is 17.9 Å². The molecule has 1 fully saturated rings. The van der Waals surface area contributed by atoms with Crippen LogP contribution in [0.2, 0.25) is 0 Å². The second kappa shape index (κ2) is 6.15. The Hall–Kier alpha value is -2.85. The average molecular weight is 375 g/mol. The summed E-state index contributed by atoms with van der Waals surface area (Å²) < 4.78 is 57.9. The number of halogens is 4. The van der Waals surface area contributed by atoms with Crippen molar-refractivity contribution in [2.75, 3.05) is 6.61 Å². The van der Waals surface area contributed by atoms with Gasteiger partial charge in [-0.3, -0.25) is 4.57 Å². The van der Waals surface area contributed by atoms with Crippen LogP contribution in [0.5, 0.6) is 5.75 Å². The van der Waals surface area contributed by atoms with E-state index in [1.807, 2.05) is 0 Å². The molecule has 0 unspecified atom stereocenters. The van der Waals surface area contributed by atoms with Gasteiger partial charge in [0.25, 0.3) is 0 Å². The van der Waals surface area contributed by atoms with Crippen molar-refractivity contribution in [2.45, 2.75) is 24.9 Å². The van der Waals surface area contributed by atoms with Gasteiger partial charge in [-0.05, 0) is 18.9 Å². The number of ether oxygens (including phenoxy) is 1. The number of hydrogen-bond acceptors (Lipinski definition) is 4. The van der Waals surface area contributed by atoms with E-state index >= 15 is 0 Å². The van der Waals surface area contributed by atoms with E-state index in [4.69, 9.17) is 5.11 Å². The first-order chi connectivity index (χ1) is 12.1. The molecule has 1 aromatic heterocycles. The molecule has 0 spiro atoms. The zero-order chi connectivity index (χ0) is 19.2. The van der Waals surface area contributed by atoms with Gasteiger partial charge in [0.05, 0.1) is 0 Å². The maximum absolute atomic E-state index is 14.3. The van der Waals surface area contributed by atoms with E-state index < -0.39 is 47.3 Å². The van der Waals surface area contributed by atoms with Crippen LogP contribution in [-0.2, 0) is 7.05 Å². The third-order valence-corrected chi connectivity index (χ3v) is 3.86. The van der Waals surface area contributed by atoms with Gasteiger partial charge >= 0.3 is 17.8 Å². The number of alkyl halides is 3. The number of aromatic carboxylic acids is 1. The van der Waals surface area contributed by atoms with Crippen LogP contribution < -0.4 is 10.4 Å². The molecule has 2 aromatic rings. The Kier molecular flexibility index (Phi) is 4.24. The van der Waals surface area contributed by atoms with Crippen LogP contribution in [0.25, 0.3) is 5.69 Å². The van der Waals surface area contributed by atoms with Crippen molar-refractivity contribution in [1.29, 1.82) is 0 Å². The molecule has 0 atom stereocenters. The van der Waals surface area contributed by atoms with Crippen LogP contribution in [0.3, 0.4) is 0 Å². The lowest BCUT2D eigenvalue weighted by Gasteiger charge is -2.13. The molecule has 1 aliphatic carbocycles. The Morgan fingerprint density at radius 2 is 2.04 bits per heavy atom. The Balaban J connectivity index is 2.09. The standard InChI is InChI=1S/C15H13F4N3O4/c1-21-12(7-2-3-7)20-22(14(21)25)10-5-11(26-6-15(17,18)19)8(13(23)24)4-9(10)16/h4-5,7H,2-3,6H2,1H3,(H,23,24). The van der Waals surface area contributed by atoms with Gasteiger partial charge in [-0.1, -0.05) is 0 Å². The fourth-order valence-corrected chi connectivity index (χ4v) is 2.46. The highest BCUT2D eigenvalue weighted by Crippen LogP contribution is 2.38. The SMILES string of the molecule is Cn1c(C2CC2)nn(-c2cc(OCC(F)(F)F)c(C(=O)O)cc2F)c1=O. The van der Waals surface area contributed by atoms with E-state index in [2.05, 4.69) is 9.84 Å². The highest BCUT2D eigenvalue weighted by atomic mass is 19.4. The topological polar surface area (TPSA) is 86.3 Å². The van der Waals surface area contributed by atoms with Gasteiger partial charge in [-0.15, -0.1) is 5.10 Å². The van der Waals surface area contributed by atoms with Crippen molar-refractivity contribution in [1.82, 2.24) is 14.3 Å². The maximum Gasteiger partial charge on any atom is 0.422 e. The molecule has 1 heterocycles. The fourth-order valence-electron chi connectivity index (χ4n) is 2.46. The number of carboxylic acid groups (broad SMARTS) is 1. The Bertz CT molecular complexity index is 928. The summed E-state index contributed by atoms with van der Waals surface area (Å²) in [5.74, 6) is -3.01. The minimum atomic E-state index is -4.72. The summed E-state index contributed by atoms with van der Waals surface area (Å²) >= 11 is 0. The minimum Gasteiger partial charge on any atom is -0.483 e. The molecule has 3 rings (SSSR count). The van der Waals surface area contributed by atoms with Crippen LogP contribution >= 0.6 is 0 Å². The predicted octanol–water partition coefficient (Wildman–Crippen LogP) is 2.23. The van der Waals surface area contributed by atoms with Crippen molar-refractivity contribution in [3.63, 3.8) is 0 Å². The van der Waals surface area contributed by atoms with Crippen molar-refractivity contribution in [3.05, 3.63) is 39.8 Å². The molecule has 1 aromatic carbocycles. The van der Waals surface area contributed by atoms with Gasteiger partial charge < -0.3 is 9.84 Å². The number of carbonyl (C=O) groups is 1. The number of benzene rings is 1. The van der Waals surface area contributed by atoms with Crippen molar-refractivity contribution in [3.8, 4) is 11.4 Å². The summed E-state index contributed by atoms with van der Waals surface area (Å²) in [5, 5.41) is 13.1. The predicted molar refractivity (Wildman–Crippen MR) is 79.2 cm³/mol. The fraction of sp³-hybridized carbons (Fsp3) is 0.400. The van der Waals surface area contributed by atoms with E-state index in [9.17, 15) is 27.2 Å². The molecule has 140 valence electrons. The second-order valence-electron chi connectivity index (χ2n) is 5.89. The summed E-state index contributed by atoms with van der Waals surface area (Å²) in [5.41, 5.74) is -1.97. The lowest BCUT2D eigenvalue weighted by atomic mass is 10.1. The molecule has 1 saturated carbocycles. The summed E-state index contributed by atoms with van der Waals surface area (Å²) in [6.07, 6.45) is -3.07. The molecular weight excluding hydrogens is 362 g/mol. The molecule has 1 aliphatic rings. The summed E-state index contributed by atoms with van der Waals surface area (Å²) in [6, 6.07) is 1.23. The number of aromatic nitrogens is 3. The molecule has 0 radical (unpaired) electrons. The minimum absolute atomic E-state index is 0.0660. The van der Waals surface area contributed by atoms with E-state index in [1.54, 1.807) is 0 Å². The zero-order valence-electron chi connectivity index (χ0n) is 13.4. The Morgan fingerprint density at radius 3 is 2.58 bits per heavy atom. The number of rotatable bonds is 5. The molecule has 0 bridgehead atoms. The first-order valence-electron chi connectivity index (χ1n) is 7.51. The first-order valence-corrected chi connectivity index (χ1v) is 7.51. The molecule has 1 N–H and O–H groups in total. The lowest BCUT2D eigenvalue weighted by Crippen LogP contribution is -2.24. The van der Waals surface area contributed by atoms with Crippen molar-refractivity contribution >= 4 is 5.97 Å². The lowest BCUT2D eigenvalue weighted by molar-refractivity contribution is -0.153. The molecular formula is C15H13F4N3O4. The highest BCUT2D eigenvalue weighted by molar-refractivity contribution is 5.91. The van der Waals surface area contributed by atoms with E-state index in [-0.39, 0.29) is 5.92 Å². The molecule has 0 amide bonds. The quantitative estimate of drug-likeness (QED) is 0.810. The Morgan fingerprint density at radius 1 is 1.38 bits per heavy atom. The number of nitrogens with zero attached hydrogens (tertiary/aromatic N) is 3. The van der Waals surface area contributed by atoms with E-state index in [0.29, 0.717) is 16.6 Å². The average Bonchev–Trinajstić information content (AvgIpc) is 3.33. The maximum atomic E-state index is 14.3. The Labute approximate surface area is 143 Å². The monoisotopic (exact) mass is 375 g/mol. The van der Waals surface area contributed by atoms with Crippen LogP contribution in [0.4, 0.5) is 17.6 Å². The normalized spacial score (nSPS) is 14.5. The van der Waals surface area contributed by atoms with Gasteiger partial charge in [0.15, 0.2) is 6.61 Å². The van der Waals surface area contributed by atoms with Gasteiger partial charge in [-0.25, -0.2) is 14.0 Å². The van der Waals surface area contributed by atoms with Gasteiger partial charge in [0, 0.05) is 19.0 Å². The van der Waals surface area contributed by atoms with E-state index in [0.717, 1.165) is 18.9 Å². The van der Waals surface area contributed by atoms with Crippen LogP contribution in [0.1, 0.15) is 34.9 Å². The van der Waals surface area contributed by atoms with Crippen molar-refractivity contribution < 1.29 is 32.2 Å². The van der Waals surface area contributed by atoms with Crippen molar-refractivity contribution in [2.24, 2.45) is 7.05 Å². The molecule has 0 saturated heterocycles. The highest BCUT2D eigenvalue weighted by Gasteiger charge is 2.32. The first kappa shape index (κ1) is 18.0. The number of hydrogen-bond donors (Lipinski definition) is 1. The molecule has 11 heteroatoms. The molecule has 7 nitrogen and oxygen atoms in total. The summed E-state index contributed by atoms with van der Waals surface area (Å²) in [4.78, 5) is 23.4. The van der Waals surface area contributed by atoms with Gasteiger partial charge in [0.2, 0.25) is 0 Å². The number of carboxylic acids is 1. The smallest absolute Gasteiger partial charge is 0.422 e. The summed E-state index contributed by atoms with van der Waals surface area (Å²) in [7, 11) is 1.45. The largest absolute Gasteiger partial charge is 0.483 e. The second-order valence-corrected chi connectivity index (χ2v) is 5.89. The van der Waals surface area contributed by atoms with Crippen LogP contribution in [0, 0.1) is 5.82 Å². The summed E-state index contributed by atoms with van der Waals surface area (Å²) in [6.45, 7) is -1.76. The molecule has 0 aliphatic heterocycles. The molecule has 26 heavy (non-hydrogen) atoms. The van der Waals surface area contributed by atoms with E-state index in [1.165, 1.54) is 11.6 Å². The third kappa shape index (κ3) is 3.41.